The number of carboxylic acids is 1. The molecule has 0 aliphatic heterocycles. The highest BCUT2D eigenvalue weighted by molar-refractivity contribution is 6.02. The molecule has 5 nitrogen and oxygen atoms in total. The Morgan fingerprint density at radius 1 is 1.22 bits per heavy atom. The van der Waals surface area contributed by atoms with Crippen LogP contribution in [0, 0.1) is 17.1 Å². The van der Waals surface area contributed by atoms with E-state index in [4.69, 9.17) is 10.00 Å². The minimum Gasteiger partial charge on any atom is -0.478 e. The summed E-state index contributed by atoms with van der Waals surface area (Å²) in [6.07, 6.45) is -0.522. The lowest BCUT2D eigenvalue weighted by molar-refractivity contribution is -0.0237. The zero-order valence-electron chi connectivity index (χ0n) is 14.1. The Labute approximate surface area is 153 Å². The maximum Gasteiger partial charge on any atom is 0.339 e. The van der Waals surface area contributed by atoms with Crippen molar-refractivity contribution in [3.63, 3.8) is 0 Å². The first-order valence-corrected chi connectivity index (χ1v) is 8.29. The SMILES string of the molecule is N#Cc1ccc(C2(F)CCCC2OC(=O)c2ccccc2C(=O)O)cc1F. The molecule has 27 heavy (non-hydrogen) atoms. The van der Waals surface area contributed by atoms with E-state index in [-0.39, 0.29) is 35.1 Å². The minimum absolute atomic E-state index is 0.0131. The molecule has 0 amide bonds. The van der Waals surface area contributed by atoms with Crippen molar-refractivity contribution >= 4 is 11.9 Å². The number of nitriles is 1. The number of benzene rings is 2. The van der Waals surface area contributed by atoms with Gasteiger partial charge < -0.3 is 9.84 Å². The van der Waals surface area contributed by atoms with Gasteiger partial charge in [-0.15, -0.1) is 0 Å². The number of carboxylic acid groups (broad SMARTS) is 1. The van der Waals surface area contributed by atoms with E-state index in [1.54, 1.807) is 6.07 Å². The molecule has 1 N–H and O–H groups in total. The van der Waals surface area contributed by atoms with Gasteiger partial charge in [-0.1, -0.05) is 18.2 Å². The largest absolute Gasteiger partial charge is 0.478 e. The van der Waals surface area contributed by atoms with Crippen molar-refractivity contribution in [3.8, 4) is 6.07 Å². The van der Waals surface area contributed by atoms with Gasteiger partial charge in [0.25, 0.3) is 0 Å². The summed E-state index contributed by atoms with van der Waals surface area (Å²) in [4.78, 5) is 23.7. The monoisotopic (exact) mass is 371 g/mol. The quantitative estimate of drug-likeness (QED) is 0.822. The molecule has 1 saturated carbocycles. The number of carbonyl (C=O) groups is 2. The van der Waals surface area contributed by atoms with Crippen LogP contribution in [0.4, 0.5) is 8.78 Å². The molecule has 138 valence electrons. The summed E-state index contributed by atoms with van der Waals surface area (Å²) in [5, 5.41) is 18.0. The average Bonchev–Trinajstić information content (AvgIpc) is 3.03. The molecule has 7 heteroatoms. The first-order valence-electron chi connectivity index (χ1n) is 8.29. The number of carbonyl (C=O) groups excluding carboxylic acids is 1. The number of hydrogen-bond acceptors (Lipinski definition) is 4. The first kappa shape index (κ1) is 18.5. The molecule has 0 spiro atoms. The van der Waals surface area contributed by atoms with Gasteiger partial charge in [-0.2, -0.15) is 5.26 Å². The van der Waals surface area contributed by atoms with Gasteiger partial charge in [0.2, 0.25) is 0 Å². The highest BCUT2D eigenvalue weighted by Crippen LogP contribution is 2.45. The lowest BCUT2D eigenvalue weighted by Crippen LogP contribution is -2.34. The third-order valence-electron chi connectivity index (χ3n) is 4.71. The fraction of sp³-hybridized carbons (Fsp3) is 0.250. The molecule has 2 aromatic carbocycles. The summed E-state index contributed by atoms with van der Waals surface area (Å²) in [6.45, 7) is 0. The van der Waals surface area contributed by atoms with Gasteiger partial charge in [-0.25, -0.2) is 18.4 Å². The average molecular weight is 371 g/mol. The van der Waals surface area contributed by atoms with Gasteiger partial charge in [0.1, 0.15) is 18.0 Å². The van der Waals surface area contributed by atoms with Crippen molar-refractivity contribution in [2.75, 3.05) is 0 Å². The molecule has 1 fully saturated rings. The van der Waals surface area contributed by atoms with E-state index < -0.39 is 29.5 Å². The molecule has 1 aliphatic rings. The molecule has 0 saturated heterocycles. The predicted octanol–water partition coefficient (Wildman–Crippen LogP) is 3.97. The van der Waals surface area contributed by atoms with E-state index in [0.717, 1.165) is 6.07 Å². The summed E-state index contributed by atoms with van der Waals surface area (Å²) in [5.41, 5.74) is -2.74. The molecule has 0 radical (unpaired) electrons. The number of hydrogen-bond donors (Lipinski definition) is 1. The number of halogens is 2. The summed E-state index contributed by atoms with van der Waals surface area (Å²) in [6, 6.07) is 10.6. The molecule has 2 atom stereocenters. The zero-order valence-corrected chi connectivity index (χ0v) is 14.1. The van der Waals surface area contributed by atoms with E-state index >= 15 is 4.39 Å². The van der Waals surface area contributed by atoms with Crippen LogP contribution in [0.3, 0.4) is 0 Å². The molecular formula is C20H15F2NO4. The van der Waals surface area contributed by atoms with Crippen LogP contribution < -0.4 is 0 Å². The highest BCUT2D eigenvalue weighted by atomic mass is 19.1. The number of rotatable bonds is 4. The Balaban J connectivity index is 1.89. The van der Waals surface area contributed by atoms with Gasteiger partial charge in [-0.05, 0) is 49.1 Å². The highest BCUT2D eigenvalue weighted by Gasteiger charge is 2.48. The Morgan fingerprint density at radius 2 is 1.93 bits per heavy atom. The van der Waals surface area contributed by atoms with Crippen LogP contribution in [0.1, 0.15) is 51.1 Å². The van der Waals surface area contributed by atoms with Crippen LogP contribution in [0.5, 0.6) is 0 Å². The second-order valence-electron chi connectivity index (χ2n) is 6.31. The van der Waals surface area contributed by atoms with Crippen LogP contribution in [-0.2, 0) is 10.4 Å². The lowest BCUT2D eigenvalue weighted by Gasteiger charge is -2.28. The molecule has 0 bridgehead atoms. The maximum absolute atomic E-state index is 15.6. The Bertz CT molecular complexity index is 953. The van der Waals surface area contributed by atoms with Crippen LogP contribution in [-0.4, -0.2) is 23.1 Å². The van der Waals surface area contributed by atoms with Crippen LogP contribution in [0.15, 0.2) is 42.5 Å². The van der Waals surface area contributed by atoms with Crippen LogP contribution in [0.25, 0.3) is 0 Å². The topological polar surface area (TPSA) is 87.4 Å². The second kappa shape index (κ2) is 7.16. The summed E-state index contributed by atoms with van der Waals surface area (Å²) in [5.74, 6) is -3.09. The van der Waals surface area contributed by atoms with E-state index in [1.165, 1.54) is 36.4 Å². The predicted molar refractivity (Wildman–Crippen MR) is 90.4 cm³/mol. The molecule has 0 heterocycles. The Morgan fingerprint density at radius 3 is 2.56 bits per heavy atom. The smallest absolute Gasteiger partial charge is 0.339 e. The van der Waals surface area contributed by atoms with E-state index in [9.17, 15) is 19.1 Å². The lowest BCUT2D eigenvalue weighted by atomic mass is 9.91. The number of alkyl halides is 1. The summed E-state index contributed by atoms with van der Waals surface area (Å²) >= 11 is 0. The van der Waals surface area contributed by atoms with Crippen LogP contribution >= 0.6 is 0 Å². The third-order valence-corrected chi connectivity index (χ3v) is 4.71. The number of esters is 1. The van der Waals surface area contributed by atoms with Crippen molar-refractivity contribution < 1.29 is 28.2 Å². The number of nitrogens with zero attached hydrogens (tertiary/aromatic N) is 1. The van der Waals surface area contributed by atoms with Gasteiger partial charge in [0.05, 0.1) is 16.7 Å². The standard InChI is InChI=1S/C20H15F2NO4/c21-16-10-13(8-7-12(16)11-23)20(22)9-3-6-17(20)27-19(26)15-5-2-1-4-14(15)18(24)25/h1-2,4-5,7-8,10,17H,3,6,9H2,(H,24,25). The molecule has 0 aromatic heterocycles. The van der Waals surface area contributed by atoms with Crippen LogP contribution in [0.2, 0.25) is 0 Å². The molecule has 3 rings (SSSR count). The van der Waals surface area contributed by atoms with Gasteiger partial charge >= 0.3 is 11.9 Å². The van der Waals surface area contributed by atoms with Gasteiger partial charge in [0.15, 0.2) is 5.67 Å². The van der Waals surface area contributed by atoms with E-state index in [2.05, 4.69) is 0 Å². The number of ether oxygens (including phenoxy) is 1. The third kappa shape index (κ3) is 3.38. The second-order valence-corrected chi connectivity index (χ2v) is 6.31. The van der Waals surface area contributed by atoms with Crippen molar-refractivity contribution in [1.29, 1.82) is 5.26 Å². The van der Waals surface area contributed by atoms with E-state index in [0.29, 0.717) is 6.42 Å². The number of aromatic carboxylic acids is 1. The molecule has 1 aliphatic carbocycles. The maximum atomic E-state index is 15.6. The van der Waals surface area contributed by atoms with Crippen molar-refractivity contribution in [2.24, 2.45) is 0 Å². The molecular weight excluding hydrogens is 356 g/mol. The molecule has 2 aromatic rings. The van der Waals surface area contributed by atoms with Crippen molar-refractivity contribution in [2.45, 2.75) is 31.0 Å². The zero-order chi connectivity index (χ0) is 19.6. The Kier molecular flexibility index (Phi) is 4.91. The fourth-order valence-electron chi connectivity index (χ4n) is 3.32. The fourth-order valence-corrected chi connectivity index (χ4v) is 3.32. The van der Waals surface area contributed by atoms with Crippen molar-refractivity contribution in [1.82, 2.24) is 0 Å². The minimum atomic E-state index is -2.11. The molecule has 2 unspecified atom stereocenters. The normalized spacial score (nSPS) is 21.4. The van der Waals surface area contributed by atoms with Gasteiger partial charge in [0, 0.05) is 0 Å². The summed E-state index contributed by atoms with van der Waals surface area (Å²) < 4.78 is 34.8. The summed E-state index contributed by atoms with van der Waals surface area (Å²) in [7, 11) is 0. The first-order chi connectivity index (χ1) is 12.9. The van der Waals surface area contributed by atoms with Gasteiger partial charge in [-0.3, -0.25) is 0 Å². The van der Waals surface area contributed by atoms with E-state index in [1.807, 2.05) is 0 Å². The van der Waals surface area contributed by atoms with Crippen molar-refractivity contribution in [3.05, 3.63) is 70.5 Å². The Hall–Kier alpha value is -3.27.